The molecule has 1 fully saturated rings. The van der Waals surface area contributed by atoms with Gasteiger partial charge in [0, 0.05) is 19.0 Å². The highest BCUT2D eigenvalue weighted by molar-refractivity contribution is 6.32. The first-order valence-electron chi connectivity index (χ1n) is 6.80. The molecule has 0 atom stereocenters. The number of hydrogen-bond acceptors (Lipinski definition) is 6. The van der Waals surface area contributed by atoms with Gasteiger partial charge in [-0.15, -0.1) is 0 Å². The number of rotatable bonds is 2. The van der Waals surface area contributed by atoms with Crippen LogP contribution in [0, 0.1) is 0 Å². The molecule has 0 radical (unpaired) electrons. The summed E-state index contributed by atoms with van der Waals surface area (Å²) >= 11 is 5.83. The average Bonchev–Trinajstić information content (AvgIpc) is 2.35. The predicted molar refractivity (Wildman–Crippen MR) is 78.9 cm³/mol. The van der Waals surface area contributed by atoms with Gasteiger partial charge in [0.05, 0.1) is 19.0 Å². The minimum absolute atomic E-state index is 0.000640. The highest BCUT2D eigenvalue weighted by atomic mass is 35.5. The highest BCUT2D eigenvalue weighted by Crippen LogP contribution is 2.28. The van der Waals surface area contributed by atoms with Crippen molar-refractivity contribution >= 4 is 23.7 Å². The van der Waals surface area contributed by atoms with Gasteiger partial charge in [-0.1, -0.05) is 11.6 Å². The summed E-state index contributed by atoms with van der Waals surface area (Å²) in [5, 5.41) is -0.000998. The lowest BCUT2D eigenvalue weighted by molar-refractivity contribution is 0.00776. The molecule has 1 aliphatic rings. The first-order valence-corrected chi connectivity index (χ1v) is 7.17. The van der Waals surface area contributed by atoms with Gasteiger partial charge in [0.2, 0.25) is 0 Å². The van der Waals surface area contributed by atoms with Crippen LogP contribution in [0.3, 0.4) is 0 Å². The van der Waals surface area contributed by atoms with Crippen LogP contribution in [0.25, 0.3) is 0 Å². The monoisotopic (exact) mass is 327 g/mol. The van der Waals surface area contributed by atoms with Gasteiger partial charge in [-0.2, -0.15) is 0 Å². The molecule has 0 unspecified atom stereocenters. The lowest BCUT2D eigenvalue weighted by atomic mass is 9.97. The van der Waals surface area contributed by atoms with Crippen LogP contribution in [0.2, 0.25) is 5.15 Å². The second-order valence-electron chi connectivity index (χ2n) is 6.01. The van der Waals surface area contributed by atoms with Crippen LogP contribution < -0.4 is 0 Å². The molecule has 120 valence electrons. The fraction of sp³-hybridized carbons (Fsp3) is 0.571. The number of ether oxygens (including phenoxy) is 2. The van der Waals surface area contributed by atoms with E-state index in [1.54, 1.807) is 4.90 Å². The van der Waals surface area contributed by atoms with Gasteiger partial charge < -0.3 is 14.4 Å². The molecule has 0 N–H and O–H groups in total. The van der Waals surface area contributed by atoms with Crippen molar-refractivity contribution in [1.82, 2.24) is 14.9 Å². The number of likely N-dealkylation sites (tertiary alicyclic amines) is 1. The van der Waals surface area contributed by atoms with E-state index in [2.05, 4.69) is 14.7 Å². The van der Waals surface area contributed by atoms with E-state index >= 15 is 0 Å². The molecule has 22 heavy (non-hydrogen) atoms. The van der Waals surface area contributed by atoms with Gasteiger partial charge in [-0.3, -0.25) is 0 Å². The molecule has 1 saturated heterocycles. The molecule has 2 heterocycles. The van der Waals surface area contributed by atoms with E-state index in [1.165, 1.54) is 13.3 Å². The molecule has 1 aromatic rings. The Bertz CT molecular complexity index is 594. The third-order valence-corrected chi connectivity index (χ3v) is 3.35. The molecule has 7 nitrogen and oxygen atoms in total. The second kappa shape index (κ2) is 6.08. The van der Waals surface area contributed by atoms with Crippen molar-refractivity contribution in [2.75, 3.05) is 20.2 Å². The maximum atomic E-state index is 11.9. The van der Waals surface area contributed by atoms with Crippen LogP contribution in [0.1, 0.15) is 42.9 Å². The minimum Gasteiger partial charge on any atom is -0.464 e. The van der Waals surface area contributed by atoms with E-state index < -0.39 is 11.6 Å². The van der Waals surface area contributed by atoms with E-state index in [1.807, 2.05) is 20.8 Å². The Morgan fingerprint density at radius 2 is 2.00 bits per heavy atom. The van der Waals surface area contributed by atoms with Crippen LogP contribution >= 0.6 is 11.6 Å². The molecule has 0 saturated carbocycles. The van der Waals surface area contributed by atoms with Crippen molar-refractivity contribution < 1.29 is 19.1 Å². The molecule has 0 spiro atoms. The summed E-state index contributed by atoms with van der Waals surface area (Å²) in [4.78, 5) is 33.1. The second-order valence-corrected chi connectivity index (χ2v) is 6.37. The van der Waals surface area contributed by atoms with Crippen LogP contribution in [0.5, 0.6) is 0 Å². The van der Waals surface area contributed by atoms with Crippen molar-refractivity contribution in [2.24, 2.45) is 0 Å². The maximum absolute atomic E-state index is 11.9. The maximum Gasteiger partial charge on any atom is 0.410 e. The molecular weight excluding hydrogens is 310 g/mol. The predicted octanol–water partition coefficient (Wildman–Crippen LogP) is 2.25. The average molecular weight is 328 g/mol. The number of halogens is 1. The molecule has 0 bridgehead atoms. The zero-order chi connectivity index (χ0) is 16.5. The summed E-state index contributed by atoms with van der Waals surface area (Å²) < 4.78 is 9.89. The summed E-state index contributed by atoms with van der Waals surface area (Å²) in [5.41, 5.74) is 0.0577. The lowest BCUT2D eigenvalue weighted by Gasteiger charge is -2.39. The Balaban J connectivity index is 2.02. The van der Waals surface area contributed by atoms with Crippen LogP contribution in [-0.4, -0.2) is 52.7 Å². The molecule has 8 heteroatoms. The van der Waals surface area contributed by atoms with E-state index in [-0.39, 0.29) is 22.9 Å². The quantitative estimate of drug-likeness (QED) is 0.775. The van der Waals surface area contributed by atoms with Crippen molar-refractivity contribution in [3.8, 4) is 0 Å². The number of hydrogen-bond donors (Lipinski definition) is 0. The SMILES string of the molecule is COC(=O)c1nc(C2CN(C(=O)OC(C)(C)C)C2)cnc1Cl. The number of carbonyl (C=O) groups is 2. The summed E-state index contributed by atoms with van der Waals surface area (Å²) in [6.07, 6.45) is 1.14. The Hall–Kier alpha value is -1.89. The van der Waals surface area contributed by atoms with Crippen molar-refractivity contribution in [3.05, 3.63) is 22.7 Å². The number of nitrogens with zero attached hydrogens (tertiary/aromatic N) is 3. The summed E-state index contributed by atoms with van der Waals surface area (Å²) in [6.45, 7) is 6.37. The fourth-order valence-electron chi connectivity index (χ4n) is 1.95. The number of amides is 1. The van der Waals surface area contributed by atoms with Crippen molar-refractivity contribution in [3.63, 3.8) is 0 Å². The van der Waals surface area contributed by atoms with Gasteiger partial charge in [0.25, 0.3) is 0 Å². The van der Waals surface area contributed by atoms with Crippen LogP contribution in [0.15, 0.2) is 6.20 Å². The number of aromatic nitrogens is 2. The Morgan fingerprint density at radius 1 is 1.36 bits per heavy atom. The van der Waals surface area contributed by atoms with Gasteiger partial charge in [-0.05, 0) is 20.8 Å². The molecular formula is C14H18ClN3O4. The van der Waals surface area contributed by atoms with E-state index in [0.717, 1.165) is 0 Å². The number of methoxy groups -OCH3 is 1. The van der Waals surface area contributed by atoms with Crippen molar-refractivity contribution in [2.45, 2.75) is 32.3 Å². The Morgan fingerprint density at radius 3 is 2.55 bits per heavy atom. The molecule has 0 aromatic carbocycles. The van der Waals surface area contributed by atoms with Crippen LogP contribution in [-0.2, 0) is 9.47 Å². The summed E-state index contributed by atoms with van der Waals surface area (Å²) in [5.74, 6) is -0.636. The first-order chi connectivity index (χ1) is 10.2. The number of esters is 1. The number of carbonyl (C=O) groups excluding carboxylic acids is 2. The largest absolute Gasteiger partial charge is 0.464 e. The molecule has 1 aliphatic heterocycles. The van der Waals surface area contributed by atoms with Gasteiger partial charge >= 0.3 is 12.1 Å². The highest BCUT2D eigenvalue weighted by Gasteiger charge is 2.36. The molecule has 1 aromatic heterocycles. The lowest BCUT2D eigenvalue weighted by Crippen LogP contribution is -2.50. The van der Waals surface area contributed by atoms with Gasteiger partial charge in [0.15, 0.2) is 10.8 Å². The Labute approximate surface area is 133 Å². The third-order valence-electron chi connectivity index (χ3n) is 3.08. The van der Waals surface area contributed by atoms with Crippen molar-refractivity contribution in [1.29, 1.82) is 0 Å². The molecule has 2 rings (SSSR count). The van der Waals surface area contributed by atoms with E-state index in [4.69, 9.17) is 16.3 Å². The van der Waals surface area contributed by atoms with E-state index in [0.29, 0.717) is 18.8 Å². The zero-order valence-corrected chi connectivity index (χ0v) is 13.7. The first kappa shape index (κ1) is 16.5. The summed E-state index contributed by atoms with van der Waals surface area (Å²) in [6, 6.07) is 0. The molecule has 1 amide bonds. The standard InChI is InChI=1S/C14H18ClN3O4/c1-14(2,3)22-13(20)18-6-8(7-18)9-5-16-11(15)10(17-9)12(19)21-4/h5,8H,6-7H2,1-4H3. The fourth-order valence-corrected chi connectivity index (χ4v) is 2.12. The third kappa shape index (κ3) is 3.65. The minimum atomic E-state index is -0.636. The molecule has 0 aliphatic carbocycles. The van der Waals surface area contributed by atoms with Gasteiger partial charge in [0.1, 0.15) is 5.60 Å². The van der Waals surface area contributed by atoms with E-state index in [9.17, 15) is 9.59 Å². The van der Waals surface area contributed by atoms with Gasteiger partial charge in [-0.25, -0.2) is 19.6 Å². The Kier molecular flexibility index (Phi) is 4.55. The zero-order valence-electron chi connectivity index (χ0n) is 12.9. The topological polar surface area (TPSA) is 81.6 Å². The smallest absolute Gasteiger partial charge is 0.410 e. The normalized spacial score (nSPS) is 15.2. The summed E-state index contributed by atoms with van der Waals surface area (Å²) in [7, 11) is 1.25. The van der Waals surface area contributed by atoms with Crippen LogP contribution in [0.4, 0.5) is 4.79 Å².